The molecule has 3 aromatic heterocycles. The molecule has 0 aromatic carbocycles. The van der Waals surface area contributed by atoms with E-state index in [1.165, 1.54) is 61.2 Å². The second-order valence-corrected chi connectivity index (χ2v) is 9.66. The van der Waals surface area contributed by atoms with Crippen LogP contribution in [0, 0.1) is 12.3 Å². The van der Waals surface area contributed by atoms with E-state index in [4.69, 9.17) is 10.8 Å². The summed E-state index contributed by atoms with van der Waals surface area (Å²) >= 11 is 0. The van der Waals surface area contributed by atoms with Gasteiger partial charge in [-0.3, -0.25) is 9.78 Å². The molecule has 152 valence electrons. The maximum atomic E-state index is 6.53. The molecule has 4 heterocycles. The summed E-state index contributed by atoms with van der Waals surface area (Å²) in [4.78, 5) is 6.83. The van der Waals surface area contributed by atoms with E-state index in [2.05, 4.69) is 37.8 Å². The first-order valence-electron chi connectivity index (χ1n) is 10.9. The summed E-state index contributed by atoms with van der Waals surface area (Å²) in [6.45, 7) is 5.15. The van der Waals surface area contributed by atoms with E-state index in [0.717, 1.165) is 37.1 Å². The van der Waals surface area contributed by atoms with Gasteiger partial charge in [0.1, 0.15) is 0 Å². The van der Waals surface area contributed by atoms with Crippen molar-refractivity contribution < 1.29 is 0 Å². The zero-order valence-corrected chi connectivity index (χ0v) is 17.1. The topological polar surface area (TPSA) is 88.7 Å². The number of aromatic nitrogens is 5. The van der Waals surface area contributed by atoms with Gasteiger partial charge in [0.15, 0.2) is 5.65 Å². The minimum absolute atomic E-state index is 0.130. The van der Waals surface area contributed by atoms with Gasteiger partial charge in [-0.1, -0.05) is 0 Å². The van der Waals surface area contributed by atoms with Crippen molar-refractivity contribution in [3.05, 3.63) is 35.4 Å². The van der Waals surface area contributed by atoms with E-state index >= 15 is 0 Å². The van der Waals surface area contributed by atoms with Crippen LogP contribution in [0.4, 0.5) is 5.69 Å². The van der Waals surface area contributed by atoms with E-state index in [-0.39, 0.29) is 5.54 Å². The Bertz CT molecular complexity index is 1050. The average molecular weight is 392 g/mol. The lowest BCUT2D eigenvalue weighted by atomic mass is 9.57. The first kappa shape index (κ1) is 17.4. The van der Waals surface area contributed by atoms with Crippen LogP contribution in [-0.2, 0) is 19.5 Å². The van der Waals surface area contributed by atoms with Crippen LogP contribution in [0.5, 0.6) is 0 Å². The van der Waals surface area contributed by atoms with Gasteiger partial charge >= 0.3 is 0 Å². The van der Waals surface area contributed by atoms with Crippen LogP contribution < -0.4 is 10.6 Å². The van der Waals surface area contributed by atoms with Gasteiger partial charge < -0.3 is 10.6 Å². The molecule has 7 rings (SSSR count). The predicted octanol–water partition coefficient (Wildman–Crippen LogP) is 3.08. The van der Waals surface area contributed by atoms with Crippen LogP contribution in [0.2, 0.25) is 0 Å². The molecule has 2 bridgehead atoms. The predicted molar refractivity (Wildman–Crippen MR) is 113 cm³/mol. The van der Waals surface area contributed by atoms with Crippen molar-refractivity contribution in [2.24, 2.45) is 11.1 Å². The Balaban J connectivity index is 1.28. The Morgan fingerprint density at radius 2 is 1.97 bits per heavy atom. The van der Waals surface area contributed by atoms with Gasteiger partial charge in [-0.05, 0) is 56.9 Å². The summed E-state index contributed by atoms with van der Waals surface area (Å²) in [5.74, 6) is 0. The van der Waals surface area contributed by atoms with Crippen LogP contribution in [0.25, 0.3) is 11.0 Å². The Morgan fingerprint density at radius 1 is 1.17 bits per heavy atom. The number of H-pyrrole nitrogens is 1. The third kappa shape index (κ3) is 2.70. The third-order valence-electron chi connectivity index (χ3n) is 7.95. The van der Waals surface area contributed by atoms with Gasteiger partial charge in [0, 0.05) is 49.0 Å². The molecule has 0 saturated heterocycles. The van der Waals surface area contributed by atoms with Crippen LogP contribution in [-0.4, -0.2) is 37.0 Å². The SMILES string of the molecule is Cc1nn(CC23CCC(N)(CC2)CC3)c2c1CN(c1ccnc3[nH]ncc13)CC2. The molecule has 0 spiro atoms. The lowest BCUT2D eigenvalue weighted by Crippen LogP contribution is -2.53. The molecule has 1 aliphatic heterocycles. The molecular weight excluding hydrogens is 362 g/mol. The number of hydrogen-bond acceptors (Lipinski definition) is 5. The smallest absolute Gasteiger partial charge is 0.157 e. The van der Waals surface area contributed by atoms with E-state index in [1.54, 1.807) is 0 Å². The molecular formula is C22H29N7. The van der Waals surface area contributed by atoms with Gasteiger partial charge in [0.25, 0.3) is 0 Å². The number of nitrogens with zero attached hydrogens (tertiary/aromatic N) is 5. The number of anilines is 1. The quantitative estimate of drug-likeness (QED) is 0.716. The maximum absolute atomic E-state index is 6.53. The zero-order chi connectivity index (χ0) is 19.6. The van der Waals surface area contributed by atoms with Crippen molar-refractivity contribution in [3.63, 3.8) is 0 Å². The van der Waals surface area contributed by atoms with E-state index in [9.17, 15) is 0 Å². The molecule has 3 aliphatic carbocycles. The molecule has 3 aromatic rings. The molecule has 7 heteroatoms. The fraction of sp³-hybridized carbons (Fsp3) is 0.591. The Kier molecular flexibility index (Phi) is 3.64. The first-order chi connectivity index (χ1) is 14.0. The lowest BCUT2D eigenvalue weighted by Gasteiger charge is -2.52. The second-order valence-electron chi connectivity index (χ2n) is 9.66. The van der Waals surface area contributed by atoms with Crippen molar-refractivity contribution in [1.82, 2.24) is 25.0 Å². The standard InChI is InChI=1S/C22H29N7/c1-15-17-13-28(18-2-10-24-20-16(18)12-25-26-20)11-3-19(17)29(27-15)14-21-4-7-22(23,8-5-21)9-6-21/h2,10,12H,3-9,11,13-14,23H2,1H3,(H,24,25,26). The Morgan fingerprint density at radius 3 is 2.76 bits per heavy atom. The van der Waals surface area contributed by atoms with Crippen molar-refractivity contribution in [3.8, 4) is 0 Å². The molecule has 0 radical (unpaired) electrons. The molecule has 4 aliphatic rings. The Labute approximate surface area is 170 Å². The van der Waals surface area contributed by atoms with E-state index in [1.807, 2.05) is 12.4 Å². The number of aryl methyl sites for hydroxylation is 1. The molecule has 0 amide bonds. The van der Waals surface area contributed by atoms with Gasteiger partial charge in [-0.2, -0.15) is 10.2 Å². The summed E-state index contributed by atoms with van der Waals surface area (Å²) in [6, 6.07) is 2.10. The number of rotatable bonds is 3. The largest absolute Gasteiger partial charge is 0.366 e. The van der Waals surface area contributed by atoms with Crippen molar-refractivity contribution in [1.29, 1.82) is 0 Å². The minimum atomic E-state index is 0.130. The fourth-order valence-electron chi connectivity index (χ4n) is 5.96. The highest BCUT2D eigenvalue weighted by Crippen LogP contribution is 2.52. The highest BCUT2D eigenvalue weighted by atomic mass is 15.3. The molecule has 3 fully saturated rings. The van der Waals surface area contributed by atoms with Crippen LogP contribution >= 0.6 is 0 Å². The number of nitrogens with two attached hydrogens (primary N) is 1. The normalized spacial score (nSPS) is 28.8. The number of hydrogen-bond donors (Lipinski definition) is 2. The lowest BCUT2D eigenvalue weighted by molar-refractivity contribution is 0.0263. The number of nitrogens with one attached hydrogen (secondary N) is 1. The summed E-state index contributed by atoms with van der Waals surface area (Å²) in [6.07, 6.45) is 12.1. The molecule has 7 nitrogen and oxygen atoms in total. The first-order valence-corrected chi connectivity index (χ1v) is 10.9. The number of fused-ring (bicyclic) bond motifs is 5. The van der Waals surface area contributed by atoms with E-state index in [0.29, 0.717) is 5.41 Å². The maximum Gasteiger partial charge on any atom is 0.157 e. The van der Waals surface area contributed by atoms with Gasteiger partial charge in [0.05, 0.1) is 23.0 Å². The summed E-state index contributed by atoms with van der Waals surface area (Å²) in [5, 5.41) is 13.3. The second kappa shape index (κ2) is 6.05. The molecule has 0 unspecified atom stereocenters. The molecule has 3 N–H and O–H groups in total. The van der Waals surface area contributed by atoms with Crippen LogP contribution in [0.1, 0.15) is 55.5 Å². The Hall–Kier alpha value is -2.41. The summed E-state index contributed by atoms with van der Waals surface area (Å²) in [5.41, 5.74) is 13.2. The summed E-state index contributed by atoms with van der Waals surface area (Å²) in [7, 11) is 0. The van der Waals surface area contributed by atoms with Crippen LogP contribution in [0.15, 0.2) is 18.5 Å². The van der Waals surface area contributed by atoms with E-state index < -0.39 is 0 Å². The minimum Gasteiger partial charge on any atom is -0.366 e. The third-order valence-corrected chi connectivity index (χ3v) is 7.95. The fourth-order valence-corrected chi connectivity index (χ4v) is 5.96. The van der Waals surface area contributed by atoms with Gasteiger partial charge in [0.2, 0.25) is 0 Å². The average Bonchev–Trinajstić information content (AvgIpc) is 3.34. The van der Waals surface area contributed by atoms with Crippen molar-refractivity contribution in [2.45, 2.75) is 70.5 Å². The zero-order valence-electron chi connectivity index (χ0n) is 17.1. The van der Waals surface area contributed by atoms with Gasteiger partial charge in [-0.15, -0.1) is 0 Å². The molecule has 3 saturated carbocycles. The number of pyridine rings is 1. The monoisotopic (exact) mass is 391 g/mol. The van der Waals surface area contributed by atoms with Crippen molar-refractivity contribution >= 4 is 16.7 Å². The highest BCUT2D eigenvalue weighted by molar-refractivity contribution is 5.88. The molecule has 29 heavy (non-hydrogen) atoms. The number of aromatic amines is 1. The highest BCUT2D eigenvalue weighted by Gasteiger charge is 2.47. The van der Waals surface area contributed by atoms with Gasteiger partial charge in [-0.25, -0.2) is 4.98 Å². The van der Waals surface area contributed by atoms with Crippen LogP contribution in [0.3, 0.4) is 0 Å². The van der Waals surface area contributed by atoms with Crippen molar-refractivity contribution in [2.75, 3.05) is 11.4 Å². The summed E-state index contributed by atoms with van der Waals surface area (Å²) < 4.78 is 2.36. The molecule has 0 atom stereocenters.